The van der Waals surface area contributed by atoms with Gasteiger partial charge >= 0.3 is 5.97 Å². The van der Waals surface area contributed by atoms with E-state index in [0.29, 0.717) is 19.3 Å². The second-order valence-electron chi connectivity index (χ2n) is 7.15. The number of nitrogens with one attached hydrogen (secondary N) is 1. The van der Waals surface area contributed by atoms with Crippen LogP contribution in [-0.2, 0) is 35.3 Å². The van der Waals surface area contributed by atoms with Gasteiger partial charge in [0.2, 0.25) is 0 Å². The van der Waals surface area contributed by atoms with Crippen molar-refractivity contribution in [2.45, 2.75) is 51.5 Å². The van der Waals surface area contributed by atoms with Gasteiger partial charge in [-0.05, 0) is 43.2 Å². The lowest BCUT2D eigenvalue weighted by atomic mass is 9.97. The molecule has 146 valence electrons. The number of anilines is 1. The number of thiophene rings is 1. The average Bonchev–Trinajstić information content (AvgIpc) is 3.11. The first-order valence-corrected chi connectivity index (χ1v) is 10.7. The van der Waals surface area contributed by atoms with Crippen LogP contribution in [0.1, 0.15) is 47.5 Å². The molecule has 0 spiro atoms. The van der Waals surface area contributed by atoms with Gasteiger partial charge < -0.3 is 10.1 Å². The van der Waals surface area contributed by atoms with Crippen LogP contribution in [0.25, 0.3) is 10.2 Å². The van der Waals surface area contributed by atoms with E-state index in [0.717, 1.165) is 35.9 Å². The standard InChI is InChI=1S/C22H25N3O2S/c1-27-19(26)13-7-12-18-24-21(23-14-15-8-3-2-4-9-15)20-16-10-5-6-11-17(16)28-22(20)25-18/h2-4,8-9H,5-7,10-14H2,1H3,(H,23,24,25). The summed E-state index contributed by atoms with van der Waals surface area (Å²) in [5, 5.41) is 4.76. The Morgan fingerprint density at radius 3 is 2.82 bits per heavy atom. The summed E-state index contributed by atoms with van der Waals surface area (Å²) in [7, 11) is 1.42. The number of esters is 1. The summed E-state index contributed by atoms with van der Waals surface area (Å²) in [6.07, 6.45) is 6.51. The van der Waals surface area contributed by atoms with Crippen LogP contribution in [-0.4, -0.2) is 23.0 Å². The molecular formula is C22H25N3O2S. The van der Waals surface area contributed by atoms with Gasteiger partial charge in [-0.1, -0.05) is 30.3 Å². The molecule has 0 bridgehead atoms. The van der Waals surface area contributed by atoms with E-state index in [-0.39, 0.29) is 5.97 Å². The van der Waals surface area contributed by atoms with Crippen molar-refractivity contribution in [1.29, 1.82) is 0 Å². The fourth-order valence-electron chi connectivity index (χ4n) is 3.72. The van der Waals surface area contributed by atoms with Crippen LogP contribution in [0.15, 0.2) is 30.3 Å². The normalized spacial score (nSPS) is 13.3. The summed E-state index contributed by atoms with van der Waals surface area (Å²) in [4.78, 5) is 23.6. The molecule has 0 aliphatic heterocycles. The third-order valence-electron chi connectivity index (χ3n) is 5.17. The number of rotatable bonds is 7. The van der Waals surface area contributed by atoms with Crippen molar-refractivity contribution in [1.82, 2.24) is 9.97 Å². The number of benzene rings is 1. The van der Waals surface area contributed by atoms with Crippen LogP contribution in [0.5, 0.6) is 0 Å². The van der Waals surface area contributed by atoms with E-state index in [4.69, 9.17) is 14.7 Å². The summed E-state index contributed by atoms with van der Waals surface area (Å²) in [5.41, 5.74) is 2.66. The Kier molecular flexibility index (Phi) is 5.86. The number of aromatic nitrogens is 2. The molecule has 1 N–H and O–H groups in total. The van der Waals surface area contributed by atoms with Gasteiger partial charge in [-0.25, -0.2) is 9.97 Å². The van der Waals surface area contributed by atoms with Crippen LogP contribution < -0.4 is 5.32 Å². The van der Waals surface area contributed by atoms with E-state index in [1.807, 2.05) is 17.4 Å². The molecule has 1 aromatic carbocycles. The van der Waals surface area contributed by atoms with Crippen LogP contribution in [0.3, 0.4) is 0 Å². The summed E-state index contributed by atoms with van der Waals surface area (Å²) in [6, 6.07) is 10.4. The zero-order valence-electron chi connectivity index (χ0n) is 16.2. The van der Waals surface area contributed by atoms with Gasteiger partial charge in [-0.3, -0.25) is 4.79 Å². The highest BCUT2D eigenvalue weighted by molar-refractivity contribution is 7.19. The van der Waals surface area contributed by atoms with Crippen molar-refractivity contribution in [3.05, 3.63) is 52.2 Å². The molecule has 6 heteroatoms. The number of methoxy groups -OCH3 is 1. The van der Waals surface area contributed by atoms with Gasteiger partial charge in [-0.2, -0.15) is 0 Å². The lowest BCUT2D eigenvalue weighted by molar-refractivity contribution is -0.140. The quantitative estimate of drug-likeness (QED) is 0.589. The zero-order chi connectivity index (χ0) is 19.3. The minimum Gasteiger partial charge on any atom is -0.469 e. The molecule has 28 heavy (non-hydrogen) atoms. The predicted molar refractivity (Wildman–Crippen MR) is 113 cm³/mol. The number of ether oxygens (including phenoxy) is 1. The van der Waals surface area contributed by atoms with Crippen molar-refractivity contribution in [2.24, 2.45) is 0 Å². The predicted octanol–water partition coefficient (Wildman–Crippen LogP) is 4.68. The van der Waals surface area contributed by atoms with Crippen molar-refractivity contribution >= 4 is 33.3 Å². The van der Waals surface area contributed by atoms with Crippen LogP contribution in [0.2, 0.25) is 0 Å². The molecule has 1 aliphatic carbocycles. The van der Waals surface area contributed by atoms with Crippen LogP contribution in [0.4, 0.5) is 5.82 Å². The molecule has 1 aliphatic rings. The Labute approximate surface area is 169 Å². The summed E-state index contributed by atoms with van der Waals surface area (Å²) in [6.45, 7) is 0.735. The average molecular weight is 396 g/mol. The topological polar surface area (TPSA) is 64.1 Å². The molecule has 0 saturated heterocycles. The Hall–Kier alpha value is -2.47. The van der Waals surface area contributed by atoms with E-state index in [1.54, 1.807) is 0 Å². The van der Waals surface area contributed by atoms with E-state index in [1.165, 1.54) is 41.3 Å². The molecular weight excluding hydrogens is 370 g/mol. The highest BCUT2D eigenvalue weighted by Gasteiger charge is 2.21. The van der Waals surface area contributed by atoms with Gasteiger partial charge in [0, 0.05) is 24.3 Å². The molecule has 5 nitrogen and oxygen atoms in total. The second kappa shape index (κ2) is 8.69. The second-order valence-corrected chi connectivity index (χ2v) is 8.23. The van der Waals surface area contributed by atoms with Crippen LogP contribution in [0, 0.1) is 0 Å². The maximum absolute atomic E-state index is 11.4. The SMILES string of the molecule is COC(=O)CCCc1nc(NCc2ccccc2)c2c3c(sc2n1)CCCC3. The highest BCUT2D eigenvalue weighted by atomic mass is 32.1. The number of hydrogen-bond acceptors (Lipinski definition) is 6. The molecule has 0 amide bonds. The number of nitrogens with zero attached hydrogens (tertiary/aromatic N) is 2. The Morgan fingerprint density at radius 1 is 1.18 bits per heavy atom. The van der Waals surface area contributed by atoms with Crippen molar-refractivity contribution in [3.8, 4) is 0 Å². The number of hydrogen-bond donors (Lipinski definition) is 1. The summed E-state index contributed by atoms with van der Waals surface area (Å²) < 4.78 is 4.73. The van der Waals surface area contributed by atoms with E-state index in [9.17, 15) is 4.79 Å². The minimum atomic E-state index is -0.185. The van der Waals surface area contributed by atoms with Crippen molar-refractivity contribution in [2.75, 3.05) is 12.4 Å². The van der Waals surface area contributed by atoms with E-state index in [2.05, 4.69) is 29.6 Å². The molecule has 0 atom stereocenters. The lowest BCUT2D eigenvalue weighted by Gasteiger charge is -2.13. The number of fused-ring (bicyclic) bond motifs is 3. The fourth-order valence-corrected chi connectivity index (χ4v) is 5.00. The largest absolute Gasteiger partial charge is 0.469 e. The summed E-state index contributed by atoms with van der Waals surface area (Å²) in [5.74, 6) is 1.54. The smallest absolute Gasteiger partial charge is 0.305 e. The van der Waals surface area contributed by atoms with Crippen LogP contribution >= 0.6 is 11.3 Å². The molecule has 0 fully saturated rings. The number of aryl methyl sites for hydroxylation is 3. The fraction of sp³-hybridized carbons (Fsp3) is 0.409. The Bertz CT molecular complexity index is 969. The Balaban J connectivity index is 1.63. The van der Waals surface area contributed by atoms with Gasteiger partial charge in [0.1, 0.15) is 16.5 Å². The first kappa shape index (κ1) is 18.9. The first-order chi connectivity index (χ1) is 13.7. The monoisotopic (exact) mass is 395 g/mol. The minimum absolute atomic E-state index is 0.185. The third kappa shape index (κ3) is 4.17. The molecule has 2 heterocycles. The van der Waals surface area contributed by atoms with Gasteiger partial charge in [-0.15, -0.1) is 11.3 Å². The van der Waals surface area contributed by atoms with Gasteiger partial charge in [0.15, 0.2) is 0 Å². The molecule has 2 aromatic heterocycles. The van der Waals surface area contributed by atoms with E-state index >= 15 is 0 Å². The zero-order valence-corrected chi connectivity index (χ0v) is 17.0. The molecule has 4 rings (SSSR count). The first-order valence-electron chi connectivity index (χ1n) is 9.90. The summed E-state index contributed by atoms with van der Waals surface area (Å²) >= 11 is 1.81. The van der Waals surface area contributed by atoms with Crippen molar-refractivity contribution < 1.29 is 9.53 Å². The molecule has 0 saturated carbocycles. The van der Waals surface area contributed by atoms with Gasteiger partial charge in [0.25, 0.3) is 0 Å². The highest BCUT2D eigenvalue weighted by Crippen LogP contribution is 2.38. The maximum atomic E-state index is 11.4. The number of carbonyl (C=O) groups excluding carboxylic acids is 1. The van der Waals surface area contributed by atoms with E-state index < -0.39 is 0 Å². The molecule has 0 radical (unpaired) electrons. The number of carbonyl (C=O) groups is 1. The molecule has 0 unspecified atom stereocenters. The van der Waals surface area contributed by atoms with Gasteiger partial charge in [0.05, 0.1) is 12.5 Å². The third-order valence-corrected chi connectivity index (χ3v) is 6.36. The van der Waals surface area contributed by atoms with Crippen molar-refractivity contribution in [3.63, 3.8) is 0 Å². The lowest BCUT2D eigenvalue weighted by Crippen LogP contribution is -2.07. The maximum Gasteiger partial charge on any atom is 0.305 e. The Morgan fingerprint density at radius 2 is 2.00 bits per heavy atom. The molecule has 3 aromatic rings.